The lowest BCUT2D eigenvalue weighted by molar-refractivity contribution is 0.487. The number of rotatable bonds is 2. The Morgan fingerprint density at radius 2 is 0.979 bits per heavy atom. The second-order valence-electron chi connectivity index (χ2n) is 12.4. The summed E-state index contributed by atoms with van der Waals surface area (Å²) in [6.07, 6.45) is 0. The van der Waals surface area contributed by atoms with E-state index in [9.17, 15) is 0 Å². The molecule has 0 fully saturated rings. The normalized spacial score (nSPS) is 12.4. The molecule has 11 rings (SSSR count). The molecule has 0 bridgehead atoms. The van der Waals surface area contributed by atoms with Crippen LogP contribution in [0.2, 0.25) is 0 Å². The first-order valence-corrected chi connectivity index (χ1v) is 15.9. The van der Waals surface area contributed by atoms with Crippen molar-refractivity contribution in [3.8, 4) is 44.9 Å². The molecular formula is C44H24O3. The standard InChI is InChI=1S/C44H24O3/c1-2-8-26-22-42-36(21-25(26)7-1)43-30(10-6-14-38(43)46-42)28-16-18-33-32-17-15-27(23-40(32)47-41(33)24-28)29-19-20-39-44-34(29)11-5-12-35(44)31-9-3-4-13-37(31)45-39/h1-24H. The summed E-state index contributed by atoms with van der Waals surface area (Å²) in [5.41, 5.74) is 10.3. The van der Waals surface area contributed by atoms with Crippen LogP contribution in [0.5, 0.6) is 11.5 Å². The number of hydrogen-bond donors (Lipinski definition) is 0. The van der Waals surface area contributed by atoms with Crippen LogP contribution in [0.4, 0.5) is 0 Å². The van der Waals surface area contributed by atoms with E-state index in [2.05, 4.69) is 133 Å². The third-order valence-corrected chi connectivity index (χ3v) is 9.86. The van der Waals surface area contributed by atoms with Crippen molar-refractivity contribution in [3.63, 3.8) is 0 Å². The molecule has 1 aliphatic heterocycles. The molecule has 0 atom stereocenters. The summed E-state index contributed by atoms with van der Waals surface area (Å²) in [4.78, 5) is 0. The molecule has 0 saturated carbocycles. The van der Waals surface area contributed by atoms with Crippen molar-refractivity contribution >= 4 is 65.4 Å². The van der Waals surface area contributed by atoms with E-state index < -0.39 is 0 Å². The summed E-state index contributed by atoms with van der Waals surface area (Å²) in [5.74, 6) is 1.79. The molecule has 3 nitrogen and oxygen atoms in total. The second-order valence-corrected chi connectivity index (χ2v) is 12.4. The first-order chi connectivity index (χ1) is 23.3. The van der Waals surface area contributed by atoms with Gasteiger partial charge in [-0.2, -0.15) is 0 Å². The summed E-state index contributed by atoms with van der Waals surface area (Å²) in [7, 11) is 0. The third kappa shape index (κ3) is 3.51. The average Bonchev–Trinajstić information content (AvgIpc) is 3.67. The van der Waals surface area contributed by atoms with Gasteiger partial charge in [0.2, 0.25) is 0 Å². The summed E-state index contributed by atoms with van der Waals surface area (Å²) in [6.45, 7) is 0. The molecule has 0 aliphatic carbocycles. The van der Waals surface area contributed by atoms with Crippen LogP contribution < -0.4 is 4.74 Å². The first-order valence-electron chi connectivity index (χ1n) is 15.9. The van der Waals surface area contributed by atoms with Crippen molar-refractivity contribution in [1.82, 2.24) is 0 Å². The summed E-state index contributed by atoms with van der Waals surface area (Å²) in [5, 5.41) is 9.15. The summed E-state index contributed by atoms with van der Waals surface area (Å²) in [6, 6.07) is 51.2. The number of ether oxygens (including phenoxy) is 1. The summed E-state index contributed by atoms with van der Waals surface area (Å²) >= 11 is 0. The Kier molecular flexibility index (Phi) is 4.84. The smallest absolute Gasteiger partial charge is 0.136 e. The quantitative estimate of drug-likeness (QED) is 0.198. The zero-order chi connectivity index (χ0) is 30.6. The largest absolute Gasteiger partial charge is 0.456 e. The van der Waals surface area contributed by atoms with Crippen LogP contribution in [0.25, 0.3) is 98.8 Å². The van der Waals surface area contributed by atoms with Crippen molar-refractivity contribution in [2.45, 2.75) is 0 Å². The molecule has 0 unspecified atom stereocenters. The van der Waals surface area contributed by atoms with Gasteiger partial charge in [0.25, 0.3) is 0 Å². The minimum atomic E-state index is 0.867. The van der Waals surface area contributed by atoms with Crippen LogP contribution in [-0.4, -0.2) is 0 Å². The van der Waals surface area contributed by atoms with Gasteiger partial charge in [-0.15, -0.1) is 0 Å². The van der Waals surface area contributed by atoms with Crippen LogP contribution in [0, 0.1) is 0 Å². The topological polar surface area (TPSA) is 35.5 Å². The third-order valence-electron chi connectivity index (χ3n) is 9.86. The maximum atomic E-state index is 6.61. The van der Waals surface area contributed by atoms with Crippen LogP contribution in [-0.2, 0) is 0 Å². The van der Waals surface area contributed by atoms with E-state index in [1.165, 1.54) is 21.7 Å². The fourth-order valence-corrected chi connectivity index (χ4v) is 7.70. The fourth-order valence-electron chi connectivity index (χ4n) is 7.70. The molecule has 1 aliphatic rings. The molecule has 218 valence electrons. The van der Waals surface area contributed by atoms with E-state index in [0.717, 1.165) is 88.6 Å². The fraction of sp³-hybridized carbons (Fsp3) is 0. The van der Waals surface area contributed by atoms with Crippen LogP contribution in [0.1, 0.15) is 0 Å². The van der Waals surface area contributed by atoms with Crippen molar-refractivity contribution in [2.24, 2.45) is 0 Å². The Bertz CT molecular complexity index is 2940. The van der Waals surface area contributed by atoms with Crippen molar-refractivity contribution in [3.05, 3.63) is 146 Å². The van der Waals surface area contributed by atoms with Crippen LogP contribution in [0.3, 0.4) is 0 Å². The highest BCUT2D eigenvalue weighted by molar-refractivity contribution is 6.17. The Morgan fingerprint density at radius 1 is 0.319 bits per heavy atom. The van der Waals surface area contributed by atoms with Gasteiger partial charge < -0.3 is 13.6 Å². The lowest BCUT2D eigenvalue weighted by atomic mass is 9.90. The highest BCUT2D eigenvalue weighted by Gasteiger charge is 2.22. The van der Waals surface area contributed by atoms with E-state index in [-0.39, 0.29) is 0 Å². The SMILES string of the molecule is c1ccc2c(c1)Oc1ccc(-c3ccc4c(c3)oc3cc(-c5cccc6oc7cc8ccccc8cc7c56)ccc34)c3cccc-2c13. The monoisotopic (exact) mass is 600 g/mol. The highest BCUT2D eigenvalue weighted by Crippen LogP contribution is 2.49. The molecule has 8 aromatic carbocycles. The lowest BCUT2D eigenvalue weighted by Gasteiger charge is -2.22. The Balaban J connectivity index is 1.06. The molecule has 47 heavy (non-hydrogen) atoms. The van der Waals surface area contributed by atoms with Gasteiger partial charge >= 0.3 is 0 Å². The van der Waals surface area contributed by atoms with Gasteiger partial charge in [0, 0.05) is 32.5 Å². The van der Waals surface area contributed by atoms with Crippen LogP contribution >= 0.6 is 0 Å². The van der Waals surface area contributed by atoms with E-state index in [4.69, 9.17) is 13.6 Å². The molecular weight excluding hydrogens is 576 g/mol. The number of hydrogen-bond acceptors (Lipinski definition) is 3. The molecule has 10 aromatic rings. The molecule has 0 radical (unpaired) electrons. The maximum Gasteiger partial charge on any atom is 0.136 e. The molecule has 2 aromatic heterocycles. The average molecular weight is 601 g/mol. The molecule has 0 amide bonds. The molecule has 0 spiro atoms. The highest BCUT2D eigenvalue weighted by atomic mass is 16.5. The number of benzene rings is 8. The second kappa shape index (κ2) is 9.12. The van der Waals surface area contributed by atoms with Crippen molar-refractivity contribution in [1.29, 1.82) is 0 Å². The number of fused-ring (bicyclic) bond motifs is 9. The van der Waals surface area contributed by atoms with E-state index >= 15 is 0 Å². The zero-order valence-corrected chi connectivity index (χ0v) is 25.1. The lowest BCUT2D eigenvalue weighted by Crippen LogP contribution is -1.97. The molecule has 3 heterocycles. The van der Waals surface area contributed by atoms with E-state index in [0.29, 0.717) is 0 Å². The minimum Gasteiger partial charge on any atom is -0.456 e. The summed E-state index contributed by atoms with van der Waals surface area (Å²) < 4.78 is 19.3. The van der Waals surface area contributed by atoms with Gasteiger partial charge in [0.15, 0.2) is 0 Å². The zero-order valence-electron chi connectivity index (χ0n) is 25.1. The van der Waals surface area contributed by atoms with Gasteiger partial charge in [-0.1, -0.05) is 91.0 Å². The van der Waals surface area contributed by atoms with Crippen LogP contribution in [0.15, 0.2) is 154 Å². The van der Waals surface area contributed by atoms with Gasteiger partial charge in [0.1, 0.15) is 33.8 Å². The number of furan rings is 2. The maximum absolute atomic E-state index is 6.61. The van der Waals surface area contributed by atoms with E-state index in [1.807, 2.05) is 12.1 Å². The van der Waals surface area contributed by atoms with E-state index in [1.54, 1.807) is 0 Å². The Morgan fingerprint density at radius 3 is 1.83 bits per heavy atom. The van der Waals surface area contributed by atoms with Gasteiger partial charge in [-0.3, -0.25) is 0 Å². The molecule has 3 heteroatoms. The van der Waals surface area contributed by atoms with Crippen molar-refractivity contribution in [2.75, 3.05) is 0 Å². The predicted molar refractivity (Wildman–Crippen MR) is 192 cm³/mol. The minimum absolute atomic E-state index is 0.867. The molecule has 0 N–H and O–H groups in total. The number of para-hydroxylation sites is 1. The molecule has 0 saturated heterocycles. The first kappa shape index (κ1) is 24.9. The van der Waals surface area contributed by atoms with Crippen molar-refractivity contribution < 1.29 is 13.6 Å². The Hall–Kier alpha value is -6.32. The van der Waals surface area contributed by atoms with Gasteiger partial charge in [-0.05, 0) is 98.6 Å². The Labute approximate surface area is 268 Å². The predicted octanol–water partition coefficient (Wildman–Crippen LogP) is 12.9. The van der Waals surface area contributed by atoms with Gasteiger partial charge in [0.05, 0.1) is 0 Å². The van der Waals surface area contributed by atoms with Gasteiger partial charge in [-0.25, -0.2) is 0 Å².